The quantitative estimate of drug-likeness (QED) is 0.599. The fourth-order valence-corrected chi connectivity index (χ4v) is 2.89. The van der Waals surface area contributed by atoms with Gasteiger partial charge in [-0.1, -0.05) is 60.7 Å². The maximum absolute atomic E-state index is 12.8. The van der Waals surface area contributed by atoms with Gasteiger partial charge in [0, 0.05) is 19.3 Å². The van der Waals surface area contributed by atoms with Crippen molar-refractivity contribution in [2.45, 2.75) is 13.0 Å². The lowest BCUT2D eigenvalue weighted by Crippen LogP contribution is -2.36. The van der Waals surface area contributed by atoms with Gasteiger partial charge < -0.3 is 15.4 Å². The summed E-state index contributed by atoms with van der Waals surface area (Å²) in [6.07, 6.45) is 2.20. The van der Waals surface area contributed by atoms with Gasteiger partial charge in [0.15, 0.2) is 6.61 Å². The molecule has 0 spiro atoms. The Balaban J connectivity index is 1.64. The smallest absolute Gasteiger partial charge is 0.342 e. The van der Waals surface area contributed by atoms with E-state index in [0.717, 1.165) is 11.1 Å². The number of rotatable bonds is 8. The SMILES string of the molecule is Nc1ncccc1C(=O)OCC(=O)N(CCc1ccccc1)Cc1ccccc1. The highest BCUT2D eigenvalue weighted by Gasteiger charge is 2.18. The van der Waals surface area contributed by atoms with Crippen LogP contribution in [0.5, 0.6) is 0 Å². The molecule has 2 N–H and O–H groups in total. The zero-order chi connectivity index (χ0) is 20.5. The molecule has 6 nitrogen and oxygen atoms in total. The van der Waals surface area contributed by atoms with Gasteiger partial charge in [0.25, 0.3) is 5.91 Å². The van der Waals surface area contributed by atoms with Crippen LogP contribution in [0.15, 0.2) is 79.0 Å². The summed E-state index contributed by atoms with van der Waals surface area (Å²) in [5.41, 5.74) is 8.00. The second kappa shape index (κ2) is 10.0. The topological polar surface area (TPSA) is 85.5 Å². The van der Waals surface area contributed by atoms with Crippen molar-refractivity contribution in [1.82, 2.24) is 9.88 Å². The summed E-state index contributed by atoms with van der Waals surface area (Å²) in [7, 11) is 0. The summed E-state index contributed by atoms with van der Waals surface area (Å²) in [6.45, 7) is 0.609. The van der Waals surface area contributed by atoms with Crippen LogP contribution < -0.4 is 5.73 Å². The van der Waals surface area contributed by atoms with E-state index in [1.54, 1.807) is 11.0 Å². The van der Waals surface area contributed by atoms with Crippen LogP contribution in [0, 0.1) is 0 Å². The van der Waals surface area contributed by atoms with Crippen LogP contribution >= 0.6 is 0 Å². The van der Waals surface area contributed by atoms with E-state index in [0.29, 0.717) is 19.5 Å². The van der Waals surface area contributed by atoms with Crippen LogP contribution in [-0.4, -0.2) is 34.9 Å². The number of anilines is 1. The molecule has 0 saturated carbocycles. The Labute approximate surface area is 169 Å². The van der Waals surface area contributed by atoms with Gasteiger partial charge in [-0.15, -0.1) is 0 Å². The van der Waals surface area contributed by atoms with E-state index in [-0.39, 0.29) is 23.9 Å². The number of ether oxygens (including phenoxy) is 1. The Kier molecular flexibility index (Phi) is 6.95. The zero-order valence-corrected chi connectivity index (χ0v) is 16.0. The molecule has 0 saturated heterocycles. The maximum atomic E-state index is 12.8. The van der Waals surface area contributed by atoms with Crippen LogP contribution in [0.4, 0.5) is 5.82 Å². The van der Waals surface area contributed by atoms with Gasteiger partial charge in [0.05, 0.1) is 0 Å². The Hall–Kier alpha value is -3.67. The van der Waals surface area contributed by atoms with E-state index in [1.165, 1.54) is 12.3 Å². The summed E-state index contributed by atoms with van der Waals surface area (Å²) in [4.78, 5) is 30.6. The molecule has 0 fully saturated rings. The third-order valence-corrected chi connectivity index (χ3v) is 4.47. The van der Waals surface area contributed by atoms with Crippen molar-refractivity contribution in [2.24, 2.45) is 0 Å². The van der Waals surface area contributed by atoms with Crippen molar-refractivity contribution < 1.29 is 14.3 Å². The van der Waals surface area contributed by atoms with Gasteiger partial charge in [0.2, 0.25) is 0 Å². The van der Waals surface area contributed by atoms with Gasteiger partial charge in [-0.25, -0.2) is 9.78 Å². The monoisotopic (exact) mass is 389 g/mol. The highest BCUT2D eigenvalue weighted by molar-refractivity contribution is 5.95. The number of hydrogen-bond donors (Lipinski definition) is 1. The predicted octanol–water partition coefficient (Wildman–Crippen LogP) is 3.09. The summed E-state index contributed by atoms with van der Waals surface area (Å²) in [5, 5.41) is 0. The molecule has 3 rings (SSSR count). The second-order valence-corrected chi connectivity index (χ2v) is 6.55. The predicted molar refractivity (Wildman–Crippen MR) is 111 cm³/mol. The van der Waals surface area contributed by atoms with Crippen LogP contribution in [0.25, 0.3) is 0 Å². The normalized spacial score (nSPS) is 10.3. The largest absolute Gasteiger partial charge is 0.452 e. The minimum absolute atomic E-state index is 0.0789. The van der Waals surface area contributed by atoms with Crippen molar-refractivity contribution in [2.75, 3.05) is 18.9 Å². The number of hydrogen-bond acceptors (Lipinski definition) is 5. The van der Waals surface area contributed by atoms with Gasteiger partial charge >= 0.3 is 5.97 Å². The molecular formula is C23H23N3O3. The first kappa shape index (κ1) is 20.1. The lowest BCUT2D eigenvalue weighted by Gasteiger charge is -2.23. The molecule has 0 atom stereocenters. The molecule has 1 aromatic heterocycles. The molecule has 0 aliphatic heterocycles. The van der Waals surface area contributed by atoms with E-state index < -0.39 is 5.97 Å². The highest BCUT2D eigenvalue weighted by Crippen LogP contribution is 2.11. The van der Waals surface area contributed by atoms with E-state index in [2.05, 4.69) is 4.98 Å². The first-order valence-corrected chi connectivity index (χ1v) is 9.36. The first-order valence-electron chi connectivity index (χ1n) is 9.36. The molecule has 2 aromatic carbocycles. The molecule has 0 aliphatic rings. The Morgan fingerprint density at radius 2 is 1.55 bits per heavy atom. The standard InChI is InChI=1S/C23H23N3O3/c24-22-20(12-7-14-25-22)23(28)29-17-21(27)26(16-19-10-5-2-6-11-19)15-13-18-8-3-1-4-9-18/h1-12,14H,13,15-17H2,(H2,24,25). The average Bonchev–Trinajstić information content (AvgIpc) is 2.76. The third kappa shape index (κ3) is 5.90. The minimum Gasteiger partial charge on any atom is -0.452 e. The molecule has 0 aliphatic carbocycles. The van der Waals surface area contributed by atoms with E-state index in [9.17, 15) is 9.59 Å². The van der Waals surface area contributed by atoms with E-state index in [1.807, 2.05) is 60.7 Å². The molecule has 3 aromatic rings. The van der Waals surface area contributed by atoms with Crippen molar-refractivity contribution in [3.63, 3.8) is 0 Å². The van der Waals surface area contributed by atoms with Gasteiger partial charge in [-0.05, 0) is 29.7 Å². The minimum atomic E-state index is -0.660. The molecule has 29 heavy (non-hydrogen) atoms. The molecule has 148 valence electrons. The van der Waals surface area contributed by atoms with Crippen molar-refractivity contribution in [1.29, 1.82) is 0 Å². The van der Waals surface area contributed by atoms with Crippen LogP contribution in [0.2, 0.25) is 0 Å². The lowest BCUT2D eigenvalue weighted by atomic mass is 10.1. The first-order chi connectivity index (χ1) is 14.1. The zero-order valence-electron chi connectivity index (χ0n) is 16.0. The van der Waals surface area contributed by atoms with Crippen LogP contribution in [0.1, 0.15) is 21.5 Å². The highest BCUT2D eigenvalue weighted by atomic mass is 16.5. The average molecular weight is 389 g/mol. The van der Waals surface area contributed by atoms with Crippen molar-refractivity contribution in [3.05, 3.63) is 95.7 Å². The molecule has 6 heteroatoms. The van der Waals surface area contributed by atoms with E-state index in [4.69, 9.17) is 10.5 Å². The van der Waals surface area contributed by atoms with Crippen molar-refractivity contribution >= 4 is 17.7 Å². The van der Waals surface area contributed by atoms with Crippen molar-refractivity contribution in [3.8, 4) is 0 Å². The number of nitrogens with zero attached hydrogens (tertiary/aromatic N) is 2. The summed E-state index contributed by atoms with van der Waals surface area (Å²) in [6, 6.07) is 22.8. The number of aromatic nitrogens is 1. The number of carbonyl (C=O) groups excluding carboxylic acids is 2. The molecule has 0 unspecified atom stereocenters. The van der Waals surface area contributed by atoms with Gasteiger partial charge in [-0.2, -0.15) is 0 Å². The van der Waals surface area contributed by atoms with Crippen LogP contribution in [0.3, 0.4) is 0 Å². The third-order valence-electron chi connectivity index (χ3n) is 4.47. The number of nitrogens with two attached hydrogens (primary N) is 1. The van der Waals surface area contributed by atoms with E-state index >= 15 is 0 Å². The Bertz CT molecular complexity index is 946. The Morgan fingerprint density at radius 1 is 0.897 bits per heavy atom. The lowest BCUT2D eigenvalue weighted by molar-refractivity contribution is -0.135. The maximum Gasteiger partial charge on any atom is 0.342 e. The molecule has 0 radical (unpaired) electrons. The summed E-state index contributed by atoms with van der Waals surface area (Å²) >= 11 is 0. The molecule has 1 amide bonds. The summed E-state index contributed by atoms with van der Waals surface area (Å²) in [5.74, 6) is -0.845. The molecule has 0 bridgehead atoms. The number of pyridine rings is 1. The number of nitrogen functional groups attached to an aromatic ring is 1. The number of esters is 1. The number of benzene rings is 2. The molecular weight excluding hydrogens is 366 g/mol. The Morgan fingerprint density at radius 3 is 2.21 bits per heavy atom. The van der Waals surface area contributed by atoms with Gasteiger partial charge in [0.1, 0.15) is 11.4 Å². The second-order valence-electron chi connectivity index (χ2n) is 6.55. The number of carbonyl (C=O) groups is 2. The fraction of sp³-hybridized carbons (Fsp3) is 0.174. The summed E-state index contributed by atoms with van der Waals surface area (Å²) < 4.78 is 5.19. The number of amides is 1. The van der Waals surface area contributed by atoms with Crippen LogP contribution in [-0.2, 0) is 22.5 Å². The van der Waals surface area contributed by atoms with Gasteiger partial charge in [-0.3, -0.25) is 4.79 Å². The fourth-order valence-electron chi connectivity index (χ4n) is 2.89. The molecule has 1 heterocycles.